The van der Waals surface area contributed by atoms with Gasteiger partial charge in [0.2, 0.25) is 0 Å². The zero-order valence-electron chi connectivity index (χ0n) is 9.15. The lowest BCUT2D eigenvalue weighted by Gasteiger charge is -2.07. The Labute approximate surface area is 102 Å². The van der Waals surface area contributed by atoms with E-state index >= 15 is 0 Å². The molecule has 94 valence electrons. The van der Waals surface area contributed by atoms with Crippen LogP contribution in [0.3, 0.4) is 0 Å². The summed E-state index contributed by atoms with van der Waals surface area (Å²) in [6.07, 6.45) is -3.31. The average molecular weight is 262 g/mol. The largest absolute Gasteiger partial charge is 0.586 e. The van der Waals surface area contributed by atoms with Crippen LogP contribution in [0.1, 0.15) is 13.3 Å². The van der Waals surface area contributed by atoms with Crippen LogP contribution in [0.2, 0.25) is 0 Å². The van der Waals surface area contributed by atoms with Crippen molar-refractivity contribution in [2.45, 2.75) is 30.6 Å². The third-order valence-corrected chi connectivity index (χ3v) is 3.43. The summed E-state index contributed by atoms with van der Waals surface area (Å²) in [6.45, 7) is 1.88. The summed E-state index contributed by atoms with van der Waals surface area (Å²) in [6, 6.07) is 4.59. The molecule has 1 aliphatic rings. The number of alkyl halides is 2. The Morgan fingerprint density at radius 2 is 2.06 bits per heavy atom. The Balaban J connectivity index is 2.04. The van der Waals surface area contributed by atoms with Gasteiger partial charge < -0.3 is 14.6 Å². The number of hydrogen-bond donors (Lipinski definition) is 1. The first-order valence-corrected chi connectivity index (χ1v) is 6.19. The van der Waals surface area contributed by atoms with Crippen molar-refractivity contribution in [3.05, 3.63) is 18.2 Å². The highest BCUT2D eigenvalue weighted by Gasteiger charge is 2.43. The highest BCUT2D eigenvalue weighted by atomic mass is 32.2. The Hall–Kier alpha value is -1.01. The maximum atomic E-state index is 12.7. The van der Waals surface area contributed by atoms with Crippen molar-refractivity contribution in [3.8, 4) is 11.5 Å². The molecule has 17 heavy (non-hydrogen) atoms. The Bertz CT molecular complexity index is 412. The molecular weight excluding hydrogens is 250 g/mol. The van der Waals surface area contributed by atoms with Crippen molar-refractivity contribution in [3.63, 3.8) is 0 Å². The Morgan fingerprint density at radius 1 is 1.35 bits per heavy atom. The van der Waals surface area contributed by atoms with E-state index in [9.17, 15) is 13.9 Å². The summed E-state index contributed by atoms with van der Waals surface area (Å²) in [5.41, 5.74) is 0. The van der Waals surface area contributed by atoms with Gasteiger partial charge in [-0.05, 0) is 24.6 Å². The molecule has 1 aromatic rings. The second kappa shape index (κ2) is 4.70. The van der Waals surface area contributed by atoms with Crippen LogP contribution in [0.15, 0.2) is 23.1 Å². The van der Waals surface area contributed by atoms with E-state index in [0.717, 1.165) is 4.90 Å². The Kier molecular flexibility index (Phi) is 3.44. The van der Waals surface area contributed by atoms with Gasteiger partial charge in [-0.1, -0.05) is 6.92 Å². The van der Waals surface area contributed by atoms with E-state index in [-0.39, 0.29) is 11.5 Å². The molecule has 0 radical (unpaired) electrons. The molecule has 1 unspecified atom stereocenters. The Morgan fingerprint density at radius 3 is 2.76 bits per heavy atom. The summed E-state index contributed by atoms with van der Waals surface area (Å²) in [7, 11) is 0. The fourth-order valence-corrected chi connectivity index (χ4v) is 2.30. The molecule has 0 saturated carbocycles. The number of aliphatic hydroxyl groups excluding tert-OH is 1. The molecule has 3 nitrogen and oxygen atoms in total. The molecule has 1 N–H and O–H groups in total. The molecule has 0 saturated heterocycles. The molecule has 6 heteroatoms. The van der Waals surface area contributed by atoms with Gasteiger partial charge in [0.15, 0.2) is 11.5 Å². The van der Waals surface area contributed by atoms with Gasteiger partial charge in [-0.25, -0.2) is 0 Å². The van der Waals surface area contributed by atoms with Crippen LogP contribution in [-0.2, 0) is 0 Å². The van der Waals surface area contributed by atoms with Gasteiger partial charge in [-0.15, -0.1) is 20.5 Å². The van der Waals surface area contributed by atoms with E-state index in [2.05, 4.69) is 9.47 Å². The molecule has 0 fully saturated rings. The third-order valence-electron chi connectivity index (χ3n) is 2.29. The number of rotatable bonds is 4. The standard InChI is InChI=1S/C11H12F2O3S/c1-2-7(14)6-17-8-3-4-9-10(5-8)16-11(12,13)15-9/h3-5,7,14H,2,6H2,1H3. The van der Waals surface area contributed by atoms with Crippen LogP contribution in [0.25, 0.3) is 0 Å². The van der Waals surface area contributed by atoms with E-state index in [4.69, 9.17) is 0 Å². The number of ether oxygens (including phenoxy) is 2. The van der Waals surface area contributed by atoms with E-state index in [1.54, 1.807) is 6.07 Å². The van der Waals surface area contributed by atoms with Crippen molar-refractivity contribution in [2.75, 3.05) is 5.75 Å². The molecule has 1 aromatic carbocycles. The number of halogens is 2. The van der Waals surface area contributed by atoms with Crippen LogP contribution in [0.5, 0.6) is 11.5 Å². The van der Waals surface area contributed by atoms with Crippen LogP contribution >= 0.6 is 11.8 Å². The van der Waals surface area contributed by atoms with E-state index in [0.29, 0.717) is 12.2 Å². The van der Waals surface area contributed by atoms with Gasteiger partial charge in [0.05, 0.1) is 6.10 Å². The molecule has 1 aliphatic heterocycles. The van der Waals surface area contributed by atoms with Gasteiger partial charge in [0.25, 0.3) is 0 Å². The molecule has 0 amide bonds. The first kappa shape index (κ1) is 12.4. The second-order valence-corrected chi connectivity index (χ2v) is 4.74. The highest BCUT2D eigenvalue weighted by molar-refractivity contribution is 7.99. The van der Waals surface area contributed by atoms with Crippen molar-refractivity contribution >= 4 is 11.8 Å². The van der Waals surface area contributed by atoms with E-state index < -0.39 is 12.4 Å². The van der Waals surface area contributed by atoms with Crippen LogP contribution < -0.4 is 9.47 Å². The van der Waals surface area contributed by atoms with Gasteiger partial charge >= 0.3 is 6.29 Å². The van der Waals surface area contributed by atoms with E-state index in [1.807, 2.05) is 6.92 Å². The smallest absolute Gasteiger partial charge is 0.395 e. The van der Waals surface area contributed by atoms with Crippen molar-refractivity contribution in [2.24, 2.45) is 0 Å². The summed E-state index contributed by atoms with van der Waals surface area (Å²) in [4.78, 5) is 0.762. The van der Waals surface area contributed by atoms with Crippen LogP contribution in [0, 0.1) is 0 Å². The molecule has 1 heterocycles. The third kappa shape index (κ3) is 3.01. The van der Waals surface area contributed by atoms with Crippen LogP contribution in [-0.4, -0.2) is 23.3 Å². The maximum Gasteiger partial charge on any atom is 0.586 e. The zero-order chi connectivity index (χ0) is 12.5. The number of aliphatic hydroxyl groups is 1. The van der Waals surface area contributed by atoms with Crippen molar-refractivity contribution in [1.82, 2.24) is 0 Å². The normalized spacial score (nSPS) is 18.1. The molecule has 0 aliphatic carbocycles. The first-order valence-electron chi connectivity index (χ1n) is 5.21. The summed E-state index contributed by atoms with van der Waals surface area (Å²) < 4.78 is 34.1. The molecule has 0 aromatic heterocycles. The molecular formula is C11H12F2O3S. The van der Waals surface area contributed by atoms with Gasteiger partial charge in [-0.3, -0.25) is 0 Å². The lowest BCUT2D eigenvalue weighted by Crippen LogP contribution is -2.25. The highest BCUT2D eigenvalue weighted by Crippen LogP contribution is 2.42. The topological polar surface area (TPSA) is 38.7 Å². The minimum absolute atomic E-state index is 0.0333. The maximum absolute atomic E-state index is 12.7. The monoisotopic (exact) mass is 262 g/mol. The van der Waals surface area contributed by atoms with Gasteiger partial charge in [0.1, 0.15) is 0 Å². The summed E-state index contributed by atoms with van der Waals surface area (Å²) >= 11 is 1.39. The quantitative estimate of drug-likeness (QED) is 0.847. The van der Waals surface area contributed by atoms with Crippen molar-refractivity contribution in [1.29, 1.82) is 0 Å². The zero-order valence-corrected chi connectivity index (χ0v) is 9.97. The SMILES string of the molecule is CCC(O)CSc1ccc2c(c1)OC(F)(F)O2. The average Bonchev–Trinajstić information content (AvgIpc) is 2.58. The molecule has 0 spiro atoms. The summed E-state index contributed by atoms with van der Waals surface area (Å²) in [5.74, 6) is 0.591. The molecule has 1 atom stereocenters. The number of benzene rings is 1. The lowest BCUT2D eigenvalue weighted by molar-refractivity contribution is -0.286. The first-order chi connectivity index (χ1) is 8.00. The second-order valence-electron chi connectivity index (χ2n) is 3.65. The molecule has 0 bridgehead atoms. The predicted molar refractivity (Wildman–Crippen MR) is 59.7 cm³/mol. The predicted octanol–water partition coefficient (Wildman–Crippen LogP) is 2.87. The van der Waals surface area contributed by atoms with E-state index in [1.165, 1.54) is 23.9 Å². The van der Waals surface area contributed by atoms with Gasteiger partial charge in [-0.2, -0.15) is 0 Å². The van der Waals surface area contributed by atoms with Gasteiger partial charge in [0, 0.05) is 10.6 Å². The van der Waals surface area contributed by atoms with Crippen LogP contribution in [0.4, 0.5) is 8.78 Å². The van der Waals surface area contributed by atoms with Crippen molar-refractivity contribution < 1.29 is 23.4 Å². The minimum Gasteiger partial charge on any atom is -0.395 e. The fraction of sp³-hybridized carbons (Fsp3) is 0.455. The number of fused-ring (bicyclic) bond motifs is 1. The lowest BCUT2D eigenvalue weighted by atomic mass is 10.3. The number of thioether (sulfide) groups is 1. The minimum atomic E-state index is -3.57. The summed E-state index contributed by atoms with van der Waals surface area (Å²) in [5, 5.41) is 9.40. The molecule has 2 rings (SSSR count). The fourth-order valence-electron chi connectivity index (χ4n) is 1.33. The number of hydrogen-bond acceptors (Lipinski definition) is 4.